The molecule has 0 heterocycles. The highest BCUT2D eigenvalue weighted by Gasteiger charge is 2.15. The lowest BCUT2D eigenvalue weighted by Crippen LogP contribution is -2.09. The van der Waals surface area contributed by atoms with E-state index in [1.807, 2.05) is 26.8 Å². The number of aliphatic hydroxyl groups excluding tert-OH is 1. The van der Waals surface area contributed by atoms with Crippen LogP contribution < -0.4 is 0 Å². The minimum Gasteiger partial charge on any atom is -0.512 e. The normalized spacial score (nSPS) is 14.4. The Morgan fingerprint density at radius 2 is 1.70 bits per heavy atom. The summed E-state index contributed by atoms with van der Waals surface area (Å²) >= 11 is 0. The van der Waals surface area contributed by atoms with Crippen LogP contribution in [0.2, 0.25) is 0 Å². The number of hydrogen-bond acceptors (Lipinski definition) is 1. The molecule has 0 saturated heterocycles. The predicted molar refractivity (Wildman–Crippen MR) is 45.0 cm³/mol. The molecule has 0 aromatic heterocycles. The van der Waals surface area contributed by atoms with Crippen molar-refractivity contribution in [1.29, 1.82) is 0 Å². The second-order valence-corrected chi connectivity index (χ2v) is 4.05. The molecule has 10 heavy (non-hydrogen) atoms. The van der Waals surface area contributed by atoms with Gasteiger partial charge < -0.3 is 5.11 Å². The second kappa shape index (κ2) is 3.09. The van der Waals surface area contributed by atoms with E-state index in [2.05, 4.69) is 13.8 Å². The zero-order valence-corrected chi connectivity index (χ0v) is 7.60. The van der Waals surface area contributed by atoms with E-state index in [1.165, 1.54) is 0 Å². The highest BCUT2D eigenvalue weighted by Crippen LogP contribution is 2.23. The average molecular weight is 142 g/mol. The van der Waals surface area contributed by atoms with Crippen molar-refractivity contribution in [1.82, 2.24) is 0 Å². The Morgan fingerprint density at radius 3 is 1.80 bits per heavy atom. The van der Waals surface area contributed by atoms with Gasteiger partial charge in [-0.15, -0.1) is 0 Å². The molecule has 0 aliphatic rings. The van der Waals surface area contributed by atoms with Gasteiger partial charge in [0, 0.05) is 5.41 Å². The van der Waals surface area contributed by atoms with Gasteiger partial charge in [0.15, 0.2) is 0 Å². The molecule has 60 valence electrons. The first kappa shape index (κ1) is 9.54. The van der Waals surface area contributed by atoms with E-state index in [9.17, 15) is 5.11 Å². The summed E-state index contributed by atoms with van der Waals surface area (Å²) in [6, 6.07) is 0. The van der Waals surface area contributed by atoms with Gasteiger partial charge in [0.2, 0.25) is 0 Å². The van der Waals surface area contributed by atoms with Gasteiger partial charge in [-0.05, 0) is 12.0 Å². The van der Waals surface area contributed by atoms with Crippen LogP contribution in [0.5, 0.6) is 0 Å². The molecule has 1 heteroatoms. The zero-order valence-electron chi connectivity index (χ0n) is 7.60. The van der Waals surface area contributed by atoms with Gasteiger partial charge in [0.25, 0.3) is 0 Å². The van der Waals surface area contributed by atoms with Gasteiger partial charge in [-0.2, -0.15) is 0 Å². The van der Waals surface area contributed by atoms with Gasteiger partial charge >= 0.3 is 0 Å². The van der Waals surface area contributed by atoms with Crippen molar-refractivity contribution in [3.05, 3.63) is 11.8 Å². The van der Waals surface area contributed by atoms with Gasteiger partial charge in [0.05, 0.1) is 5.76 Å². The molecule has 0 bridgehead atoms. The third kappa shape index (κ3) is 3.54. The molecular weight excluding hydrogens is 124 g/mol. The number of allylic oxidation sites excluding steroid dienone is 2. The van der Waals surface area contributed by atoms with E-state index in [4.69, 9.17) is 0 Å². The van der Waals surface area contributed by atoms with Crippen molar-refractivity contribution < 1.29 is 5.11 Å². The Hall–Kier alpha value is -0.460. The minimum absolute atomic E-state index is 0.0930. The summed E-state index contributed by atoms with van der Waals surface area (Å²) in [4.78, 5) is 0. The molecule has 0 atom stereocenters. The van der Waals surface area contributed by atoms with Crippen LogP contribution in [-0.4, -0.2) is 5.11 Å². The molecule has 0 aliphatic heterocycles. The lowest BCUT2D eigenvalue weighted by Gasteiger charge is -2.17. The van der Waals surface area contributed by atoms with Crippen molar-refractivity contribution in [2.24, 2.45) is 11.3 Å². The summed E-state index contributed by atoms with van der Waals surface area (Å²) in [6.45, 7) is 10.1. The predicted octanol–water partition coefficient (Wildman–Crippen LogP) is 3.13. The van der Waals surface area contributed by atoms with E-state index >= 15 is 0 Å². The highest BCUT2D eigenvalue weighted by molar-refractivity contribution is 5.01. The van der Waals surface area contributed by atoms with Crippen LogP contribution in [0.3, 0.4) is 0 Å². The maximum Gasteiger partial charge on any atom is 0.0938 e. The Morgan fingerprint density at radius 1 is 1.30 bits per heavy atom. The fourth-order valence-electron chi connectivity index (χ4n) is 0.566. The quantitative estimate of drug-likeness (QED) is 0.558. The third-order valence-corrected chi connectivity index (χ3v) is 1.26. The van der Waals surface area contributed by atoms with E-state index in [1.54, 1.807) is 0 Å². The van der Waals surface area contributed by atoms with Crippen molar-refractivity contribution in [2.75, 3.05) is 0 Å². The first-order chi connectivity index (χ1) is 4.34. The SMILES string of the molecule is CC(C)/C=C(\O)C(C)(C)C. The van der Waals surface area contributed by atoms with Crippen LogP contribution >= 0.6 is 0 Å². The molecule has 1 N–H and O–H groups in total. The molecule has 0 aromatic carbocycles. The summed E-state index contributed by atoms with van der Waals surface area (Å²) < 4.78 is 0. The molecule has 0 amide bonds. The van der Waals surface area contributed by atoms with Crippen LogP contribution in [0, 0.1) is 11.3 Å². The molecule has 0 aliphatic carbocycles. The number of aliphatic hydroxyl groups is 1. The van der Waals surface area contributed by atoms with Crippen molar-refractivity contribution in [2.45, 2.75) is 34.6 Å². The first-order valence-corrected chi connectivity index (χ1v) is 3.75. The largest absolute Gasteiger partial charge is 0.512 e. The fourth-order valence-corrected chi connectivity index (χ4v) is 0.566. The molecule has 0 aromatic rings. The molecule has 0 radical (unpaired) electrons. The Kier molecular flexibility index (Phi) is 2.95. The van der Waals surface area contributed by atoms with Gasteiger partial charge in [-0.1, -0.05) is 34.6 Å². The third-order valence-electron chi connectivity index (χ3n) is 1.26. The second-order valence-electron chi connectivity index (χ2n) is 4.05. The standard InChI is InChI=1S/C9H18O/c1-7(2)6-8(10)9(3,4)5/h6-7,10H,1-5H3/b8-6-. The first-order valence-electron chi connectivity index (χ1n) is 3.75. The van der Waals surface area contributed by atoms with E-state index < -0.39 is 0 Å². The van der Waals surface area contributed by atoms with Crippen LogP contribution in [0.4, 0.5) is 0 Å². The summed E-state index contributed by atoms with van der Waals surface area (Å²) in [6.07, 6.45) is 1.89. The maximum absolute atomic E-state index is 9.42. The Labute approximate surface area is 63.8 Å². The number of rotatable bonds is 1. The van der Waals surface area contributed by atoms with E-state index in [0.29, 0.717) is 11.7 Å². The molecule has 0 rings (SSSR count). The van der Waals surface area contributed by atoms with Crippen molar-refractivity contribution in [3.63, 3.8) is 0 Å². The summed E-state index contributed by atoms with van der Waals surface area (Å²) in [7, 11) is 0. The monoisotopic (exact) mass is 142 g/mol. The molecule has 0 spiro atoms. The van der Waals surface area contributed by atoms with Crippen LogP contribution in [0.15, 0.2) is 11.8 Å². The average Bonchev–Trinajstić information content (AvgIpc) is 1.60. The van der Waals surface area contributed by atoms with E-state index in [-0.39, 0.29) is 5.41 Å². The molecule has 1 nitrogen and oxygen atoms in total. The van der Waals surface area contributed by atoms with Crippen LogP contribution in [0.25, 0.3) is 0 Å². The Bertz CT molecular complexity index is 126. The van der Waals surface area contributed by atoms with Crippen molar-refractivity contribution >= 4 is 0 Å². The highest BCUT2D eigenvalue weighted by atomic mass is 16.3. The number of hydrogen-bond donors (Lipinski definition) is 1. The van der Waals surface area contributed by atoms with Gasteiger partial charge in [-0.25, -0.2) is 0 Å². The van der Waals surface area contributed by atoms with Crippen molar-refractivity contribution in [3.8, 4) is 0 Å². The summed E-state index contributed by atoms with van der Waals surface area (Å²) in [5, 5.41) is 9.42. The summed E-state index contributed by atoms with van der Waals surface area (Å²) in [5.74, 6) is 0.918. The lowest BCUT2D eigenvalue weighted by atomic mass is 9.92. The lowest BCUT2D eigenvalue weighted by molar-refractivity contribution is 0.273. The smallest absolute Gasteiger partial charge is 0.0938 e. The maximum atomic E-state index is 9.42. The molecule has 0 saturated carbocycles. The van der Waals surface area contributed by atoms with Crippen LogP contribution in [-0.2, 0) is 0 Å². The molecular formula is C9H18O. The van der Waals surface area contributed by atoms with Crippen LogP contribution in [0.1, 0.15) is 34.6 Å². The van der Waals surface area contributed by atoms with E-state index in [0.717, 1.165) is 0 Å². The van der Waals surface area contributed by atoms with Gasteiger partial charge in [-0.3, -0.25) is 0 Å². The Balaban J connectivity index is 4.20. The van der Waals surface area contributed by atoms with Gasteiger partial charge in [0.1, 0.15) is 0 Å². The zero-order chi connectivity index (χ0) is 8.36. The molecule has 0 fully saturated rings. The minimum atomic E-state index is -0.0930. The summed E-state index contributed by atoms with van der Waals surface area (Å²) in [5.41, 5.74) is -0.0930. The molecule has 0 unspecified atom stereocenters. The topological polar surface area (TPSA) is 20.2 Å². The fraction of sp³-hybridized carbons (Fsp3) is 0.778.